The highest BCUT2D eigenvalue weighted by atomic mass is 35.5. The maximum absolute atomic E-state index is 13.3. The van der Waals surface area contributed by atoms with Gasteiger partial charge < -0.3 is 9.73 Å². The summed E-state index contributed by atoms with van der Waals surface area (Å²) in [6, 6.07) is 19.9. The van der Waals surface area contributed by atoms with Gasteiger partial charge in [-0.1, -0.05) is 54.1 Å². The third-order valence-electron chi connectivity index (χ3n) is 5.45. The van der Waals surface area contributed by atoms with Crippen LogP contribution in [0.15, 0.2) is 71.1 Å². The lowest BCUT2D eigenvalue weighted by molar-refractivity contribution is -0.131. The van der Waals surface area contributed by atoms with Crippen LogP contribution >= 0.6 is 11.6 Å². The van der Waals surface area contributed by atoms with E-state index in [0.717, 1.165) is 21.2 Å². The van der Waals surface area contributed by atoms with E-state index in [1.165, 1.54) is 0 Å². The minimum Gasteiger partial charge on any atom is -0.419 e. The van der Waals surface area contributed by atoms with Crippen molar-refractivity contribution in [3.63, 3.8) is 0 Å². The molecule has 1 aliphatic heterocycles. The van der Waals surface area contributed by atoms with Crippen molar-refractivity contribution in [2.75, 3.05) is 0 Å². The first-order chi connectivity index (χ1) is 15.0. The summed E-state index contributed by atoms with van der Waals surface area (Å²) in [5.74, 6) is 0.0752. The number of carbonyl (C=O) groups excluding carboxylic acids is 2. The van der Waals surface area contributed by atoms with E-state index >= 15 is 0 Å². The van der Waals surface area contributed by atoms with Crippen molar-refractivity contribution < 1.29 is 14.0 Å². The summed E-state index contributed by atoms with van der Waals surface area (Å²) in [7, 11) is 0. The Morgan fingerprint density at radius 3 is 2.55 bits per heavy atom. The molecule has 7 nitrogen and oxygen atoms in total. The second-order valence-corrected chi connectivity index (χ2v) is 7.92. The summed E-state index contributed by atoms with van der Waals surface area (Å²) in [4.78, 5) is 27.2. The van der Waals surface area contributed by atoms with Crippen molar-refractivity contribution in [1.82, 2.24) is 20.4 Å². The van der Waals surface area contributed by atoms with Crippen LogP contribution in [0.5, 0.6) is 0 Å². The Morgan fingerprint density at radius 1 is 1.00 bits per heavy atom. The van der Waals surface area contributed by atoms with Crippen LogP contribution in [0.25, 0.3) is 22.2 Å². The normalized spacial score (nSPS) is 18.6. The number of imide groups is 1. The van der Waals surface area contributed by atoms with E-state index in [-0.39, 0.29) is 24.2 Å². The molecule has 1 aromatic heterocycles. The zero-order valence-electron chi connectivity index (χ0n) is 16.5. The van der Waals surface area contributed by atoms with Gasteiger partial charge in [0, 0.05) is 10.6 Å². The van der Waals surface area contributed by atoms with Gasteiger partial charge in [0.1, 0.15) is 12.1 Å². The molecular weight excluding hydrogens is 416 g/mol. The number of nitrogens with one attached hydrogen (secondary N) is 1. The van der Waals surface area contributed by atoms with Crippen molar-refractivity contribution in [3.8, 4) is 11.5 Å². The molecule has 0 spiro atoms. The van der Waals surface area contributed by atoms with Crippen LogP contribution in [0.4, 0.5) is 4.79 Å². The van der Waals surface area contributed by atoms with Crippen molar-refractivity contribution in [2.24, 2.45) is 0 Å². The number of fused-ring (bicyclic) bond motifs is 1. The first-order valence-electron chi connectivity index (χ1n) is 9.66. The van der Waals surface area contributed by atoms with Gasteiger partial charge in [0.2, 0.25) is 11.8 Å². The first-order valence-corrected chi connectivity index (χ1v) is 10.0. The van der Waals surface area contributed by atoms with E-state index in [9.17, 15) is 9.59 Å². The summed E-state index contributed by atoms with van der Waals surface area (Å²) >= 11 is 5.91. The topological polar surface area (TPSA) is 88.3 Å². The monoisotopic (exact) mass is 432 g/mol. The number of urea groups is 1. The highest BCUT2D eigenvalue weighted by Gasteiger charge is 2.50. The molecule has 31 heavy (non-hydrogen) atoms. The Hall–Kier alpha value is -3.71. The average molecular weight is 433 g/mol. The van der Waals surface area contributed by atoms with E-state index in [4.69, 9.17) is 16.0 Å². The predicted molar refractivity (Wildman–Crippen MR) is 115 cm³/mol. The van der Waals surface area contributed by atoms with Crippen LogP contribution in [-0.4, -0.2) is 27.0 Å². The lowest BCUT2D eigenvalue weighted by Crippen LogP contribution is -2.41. The predicted octanol–water partition coefficient (Wildman–Crippen LogP) is 4.51. The average Bonchev–Trinajstić information content (AvgIpc) is 3.33. The fraction of sp³-hybridized carbons (Fsp3) is 0.130. The Morgan fingerprint density at radius 2 is 1.74 bits per heavy atom. The Balaban J connectivity index is 1.44. The van der Waals surface area contributed by atoms with Crippen molar-refractivity contribution >= 4 is 34.3 Å². The summed E-state index contributed by atoms with van der Waals surface area (Å²) in [6.45, 7) is 1.59. The molecule has 5 rings (SSSR count). The molecule has 8 heteroatoms. The van der Waals surface area contributed by atoms with E-state index in [1.807, 2.05) is 42.5 Å². The van der Waals surface area contributed by atoms with Crippen molar-refractivity contribution in [3.05, 3.63) is 83.2 Å². The number of hydrogen-bond acceptors (Lipinski definition) is 5. The molecule has 1 N–H and O–H groups in total. The van der Waals surface area contributed by atoms with Gasteiger partial charge in [-0.3, -0.25) is 9.69 Å². The van der Waals surface area contributed by atoms with Crippen LogP contribution < -0.4 is 5.32 Å². The molecule has 0 radical (unpaired) electrons. The molecule has 1 saturated heterocycles. The molecule has 0 aliphatic carbocycles. The van der Waals surface area contributed by atoms with Crippen LogP contribution in [0.1, 0.15) is 18.4 Å². The zero-order valence-corrected chi connectivity index (χ0v) is 17.3. The van der Waals surface area contributed by atoms with Gasteiger partial charge in [0.25, 0.3) is 5.91 Å². The molecule has 0 bridgehead atoms. The maximum atomic E-state index is 13.3. The fourth-order valence-corrected chi connectivity index (χ4v) is 3.97. The van der Waals surface area contributed by atoms with Crippen LogP contribution in [0, 0.1) is 0 Å². The van der Waals surface area contributed by atoms with Gasteiger partial charge in [0.05, 0.1) is 0 Å². The first kappa shape index (κ1) is 19.3. The number of nitrogens with zero attached hydrogens (tertiary/aromatic N) is 3. The smallest absolute Gasteiger partial charge is 0.325 e. The fourth-order valence-electron chi connectivity index (χ4n) is 3.85. The van der Waals surface area contributed by atoms with Gasteiger partial charge in [-0.05, 0) is 47.5 Å². The lowest BCUT2D eigenvalue weighted by Gasteiger charge is -2.23. The van der Waals surface area contributed by atoms with Gasteiger partial charge in [-0.25, -0.2) is 4.79 Å². The number of aromatic nitrogens is 2. The molecule has 154 valence electrons. The Bertz CT molecular complexity index is 1310. The summed E-state index contributed by atoms with van der Waals surface area (Å²) in [5.41, 5.74) is 0.233. The number of rotatable bonds is 4. The lowest BCUT2D eigenvalue weighted by atomic mass is 9.88. The van der Waals surface area contributed by atoms with Gasteiger partial charge in [-0.15, -0.1) is 10.2 Å². The molecule has 2 heterocycles. The minimum atomic E-state index is -1.20. The Labute approximate surface area is 182 Å². The standard InChI is InChI=1S/C23H17ClN4O3/c1-23(18-8-4-6-14-5-2-3-7-17(14)18)21(29)28(22(30)25-23)13-19-26-27-20(31-19)15-9-11-16(24)12-10-15/h2-12H,13H2,1H3,(H,25,30)/t23-/m0/s1. The van der Waals surface area contributed by atoms with Crippen LogP contribution in [0.3, 0.4) is 0 Å². The third kappa shape index (κ3) is 3.23. The van der Waals surface area contributed by atoms with Crippen molar-refractivity contribution in [2.45, 2.75) is 19.0 Å². The summed E-state index contributed by atoms with van der Waals surface area (Å²) in [6.07, 6.45) is 0. The molecule has 3 aromatic carbocycles. The van der Waals surface area contributed by atoms with Gasteiger partial charge in [0.15, 0.2) is 0 Å². The molecule has 4 aromatic rings. The minimum absolute atomic E-state index is 0.119. The van der Waals surface area contributed by atoms with Crippen LogP contribution in [0.2, 0.25) is 5.02 Å². The molecule has 0 saturated carbocycles. The quantitative estimate of drug-likeness (QED) is 0.479. The number of carbonyl (C=O) groups is 2. The molecular formula is C23H17ClN4O3. The maximum Gasteiger partial charge on any atom is 0.325 e. The highest BCUT2D eigenvalue weighted by molar-refractivity contribution is 6.30. The molecule has 1 aliphatic rings. The van der Waals surface area contributed by atoms with E-state index in [0.29, 0.717) is 10.6 Å². The number of hydrogen-bond donors (Lipinski definition) is 1. The van der Waals surface area contributed by atoms with Crippen molar-refractivity contribution in [1.29, 1.82) is 0 Å². The molecule has 3 amide bonds. The third-order valence-corrected chi connectivity index (χ3v) is 5.71. The summed E-state index contributed by atoms with van der Waals surface area (Å²) in [5, 5.41) is 13.3. The van der Waals surface area contributed by atoms with Gasteiger partial charge >= 0.3 is 6.03 Å². The van der Waals surface area contributed by atoms with E-state index in [1.54, 1.807) is 31.2 Å². The van der Waals surface area contributed by atoms with E-state index in [2.05, 4.69) is 15.5 Å². The number of benzene rings is 3. The number of halogens is 1. The van der Waals surface area contributed by atoms with E-state index < -0.39 is 11.6 Å². The SMILES string of the molecule is C[C@@]1(c2cccc3ccccc23)NC(=O)N(Cc2nnc(-c3ccc(Cl)cc3)o2)C1=O. The number of amides is 3. The second kappa shape index (κ2) is 7.21. The largest absolute Gasteiger partial charge is 0.419 e. The summed E-state index contributed by atoms with van der Waals surface area (Å²) < 4.78 is 5.67. The molecule has 1 atom stereocenters. The second-order valence-electron chi connectivity index (χ2n) is 7.48. The molecule has 1 fully saturated rings. The molecule has 0 unspecified atom stereocenters. The van der Waals surface area contributed by atoms with Crippen LogP contribution in [-0.2, 0) is 16.9 Å². The Kier molecular flexibility index (Phi) is 4.48. The zero-order chi connectivity index (χ0) is 21.6. The highest BCUT2D eigenvalue weighted by Crippen LogP contribution is 2.34. The van der Waals surface area contributed by atoms with Gasteiger partial charge in [-0.2, -0.15) is 0 Å².